The molecule has 1 aliphatic heterocycles. The average molecular weight is 474 g/mol. The Kier molecular flexibility index (Phi) is 6.50. The lowest BCUT2D eigenvalue weighted by Gasteiger charge is -2.21. The molecule has 3 aromatic rings. The number of nitrogens with one attached hydrogen (secondary N) is 1. The zero-order valence-corrected chi connectivity index (χ0v) is 18.7. The average Bonchev–Trinajstić information content (AvgIpc) is 3.11. The number of carbonyl (C=O) groups is 2. The molecule has 0 saturated heterocycles. The number of halogens is 2. The smallest absolute Gasteiger partial charge is 0.343 e. The SMILES string of the molecule is Cc1nn(-c2ccc(F)cc2)c(Cl)c1C(=O)OCC(=O)NC(C)c1ccc2c(c1)OCCO2. The maximum atomic E-state index is 13.2. The third-order valence-corrected chi connectivity index (χ3v) is 5.41. The highest BCUT2D eigenvalue weighted by Crippen LogP contribution is 2.32. The number of ether oxygens (including phenoxy) is 3. The quantitative estimate of drug-likeness (QED) is 0.548. The van der Waals surface area contributed by atoms with Crippen LogP contribution in [0.15, 0.2) is 42.5 Å². The molecule has 1 atom stereocenters. The van der Waals surface area contributed by atoms with Gasteiger partial charge in [0.15, 0.2) is 18.1 Å². The van der Waals surface area contributed by atoms with Gasteiger partial charge in [0, 0.05) is 0 Å². The maximum absolute atomic E-state index is 13.2. The van der Waals surface area contributed by atoms with Crippen LogP contribution in [0.2, 0.25) is 5.15 Å². The van der Waals surface area contributed by atoms with Crippen LogP contribution in [0.1, 0.15) is 34.6 Å². The molecule has 1 unspecified atom stereocenters. The summed E-state index contributed by atoms with van der Waals surface area (Å²) < 4.78 is 30.7. The summed E-state index contributed by atoms with van der Waals surface area (Å²) in [6.07, 6.45) is 0. The number of hydrogen-bond acceptors (Lipinski definition) is 6. The Hall–Kier alpha value is -3.59. The van der Waals surface area contributed by atoms with Crippen LogP contribution in [-0.2, 0) is 9.53 Å². The zero-order chi connectivity index (χ0) is 23.5. The zero-order valence-electron chi connectivity index (χ0n) is 17.9. The largest absolute Gasteiger partial charge is 0.486 e. The van der Waals surface area contributed by atoms with Crippen LogP contribution in [-0.4, -0.2) is 41.5 Å². The van der Waals surface area contributed by atoms with E-state index < -0.39 is 24.3 Å². The van der Waals surface area contributed by atoms with Gasteiger partial charge in [-0.3, -0.25) is 4.79 Å². The molecule has 0 fully saturated rings. The molecule has 172 valence electrons. The molecule has 1 N–H and O–H groups in total. The van der Waals surface area contributed by atoms with Crippen LogP contribution >= 0.6 is 11.6 Å². The Balaban J connectivity index is 1.38. The van der Waals surface area contributed by atoms with E-state index in [1.165, 1.54) is 28.9 Å². The first kappa shape index (κ1) is 22.6. The second-order valence-corrected chi connectivity index (χ2v) is 7.77. The summed E-state index contributed by atoms with van der Waals surface area (Å²) in [5.74, 6) is -0.395. The van der Waals surface area contributed by atoms with E-state index >= 15 is 0 Å². The van der Waals surface area contributed by atoms with Crippen LogP contribution in [0.5, 0.6) is 11.5 Å². The molecule has 0 aliphatic carbocycles. The fourth-order valence-corrected chi connectivity index (χ4v) is 3.73. The predicted molar refractivity (Wildman–Crippen MR) is 118 cm³/mol. The molecule has 4 rings (SSSR count). The Bertz CT molecular complexity index is 1200. The number of esters is 1. The number of benzene rings is 2. The number of fused-ring (bicyclic) bond motifs is 1. The minimum Gasteiger partial charge on any atom is -0.486 e. The van der Waals surface area contributed by atoms with Crippen molar-refractivity contribution in [2.75, 3.05) is 19.8 Å². The van der Waals surface area contributed by atoms with Gasteiger partial charge < -0.3 is 19.5 Å². The van der Waals surface area contributed by atoms with Crippen molar-refractivity contribution in [3.8, 4) is 17.2 Å². The van der Waals surface area contributed by atoms with Crippen LogP contribution in [0.25, 0.3) is 5.69 Å². The van der Waals surface area contributed by atoms with Crippen molar-refractivity contribution in [2.24, 2.45) is 0 Å². The standard InChI is InChI=1S/C23H21ClFN3O5/c1-13(15-3-8-18-19(11-15)32-10-9-31-18)26-20(29)12-33-23(30)21-14(2)27-28(22(21)24)17-6-4-16(25)5-7-17/h3-8,11,13H,9-10,12H2,1-2H3,(H,26,29). The number of aryl methyl sites for hydroxylation is 1. The Morgan fingerprint density at radius 1 is 1.18 bits per heavy atom. The van der Waals surface area contributed by atoms with Crippen LogP contribution in [0, 0.1) is 12.7 Å². The van der Waals surface area contributed by atoms with Crippen molar-refractivity contribution in [3.63, 3.8) is 0 Å². The fraction of sp³-hybridized carbons (Fsp3) is 0.261. The van der Waals surface area contributed by atoms with E-state index in [2.05, 4.69) is 10.4 Å². The van der Waals surface area contributed by atoms with Gasteiger partial charge >= 0.3 is 5.97 Å². The first-order chi connectivity index (χ1) is 15.8. The summed E-state index contributed by atoms with van der Waals surface area (Å²) >= 11 is 6.32. The van der Waals surface area contributed by atoms with Gasteiger partial charge in [-0.05, 0) is 55.8 Å². The van der Waals surface area contributed by atoms with E-state index in [0.29, 0.717) is 36.1 Å². The van der Waals surface area contributed by atoms with Gasteiger partial charge in [-0.25, -0.2) is 13.9 Å². The minimum atomic E-state index is -0.784. The number of rotatable bonds is 6. The highest BCUT2D eigenvalue weighted by molar-refractivity contribution is 6.33. The van der Waals surface area contributed by atoms with Gasteiger partial charge in [0.25, 0.3) is 5.91 Å². The molecular weight excluding hydrogens is 453 g/mol. The molecule has 1 aromatic heterocycles. The van der Waals surface area contributed by atoms with Gasteiger partial charge in [0.2, 0.25) is 0 Å². The van der Waals surface area contributed by atoms with E-state index in [1.807, 2.05) is 6.07 Å². The number of aromatic nitrogens is 2. The molecular formula is C23H21ClFN3O5. The summed E-state index contributed by atoms with van der Waals surface area (Å²) in [5, 5.41) is 7.00. The second-order valence-electron chi connectivity index (χ2n) is 7.41. The fourth-order valence-electron chi connectivity index (χ4n) is 3.38. The highest BCUT2D eigenvalue weighted by Gasteiger charge is 2.24. The van der Waals surface area contributed by atoms with Crippen LogP contribution < -0.4 is 14.8 Å². The highest BCUT2D eigenvalue weighted by atomic mass is 35.5. The Morgan fingerprint density at radius 3 is 2.61 bits per heavy atom. The molecule has 1 aliphatic rings. The molecule has 0 bridgehead atoms. The molecule has 2 heterocycles. The lowest BCUT2D eigenvalue weighted by Crippen LogP contribution is -2.31. The topological polar surface area (TPSA) is 91.7 Å². The van der Waals surface area contributed by atoms with E-state index in [9.17, 15) is 14.0 Å². The van der Waals surface area contributed by atoms with Crippen molar-refractivity contribution in [2.45, 2.75) is 19.9 Å². The van der Waals surface area contributed by atoms with E-state index in [0.717, 1.165) is 5.56 Å². The summed E-state index contributed by atoms with van der Waals surface area (Å²) in [5.41, 5.74) is 1.65. The van der Waals surface area contributed by atoms with Gasteiger partial charge in [-0.2, -0.15) is 5.10 Å². The molecule has 1 amide bonds. The number of hydrogen-bond donors (Lipinski definition) is 1. The normalized spacial score (nSPS) is 13.3. The Labute approximate surface area is 194 Å². The third kappa shape index (κ3) is 4.93. The van der Waals surface area contributed by atoms with E-state index in [1.54, 1.807) is 26.0 Å². The lowest BCUT2D eigenvalue weighted by molar-refractivity contribution is -0.124. The van der Waals surface area contributed by atoms with Gasteiger partial charge in [0.05, 0.1) is 17.4 Å². The molecule has 2 aromatic carbocycles. The lowest BCUT2D eigenvalue weighted by atomic mass is 10.1. The molecule has 0 saturated carbocycles. The summed E-state index contributed by atoms with van der Waals surface area (Å²) in [4.78, 5) is 24.9. The minimum absolute atomic E-state index is 0.00848. The first-order valence-corrected chi connectivity index (χ1v) is 10.6. The molecule has 0 spiro atoms. The van der Waals surface area contributed by atoms with Crippen LogP contribution in [0.3, 0.4) is 0 Å². The van der Waals surface area contributed by atoms with E-state index in [4.69, 9.17) is 25.8 Å². The van der Waals surface area contributed by atoms with E-state index in [-0.39, 0.29) is 16.8 Å². The summed E-state index contributed by atoms with van der Waals surface area (Å²) in [6.45, 7) is 3.86. The number of nitrogens with zero attached hydrogens (tertiary/aromatic N) is 2. The van der Waals surface area contributed by atoms with Crippen molar-refractivity contribution in [3.05, 3.63) is 70.3 Å². The van der Waals surface area contributed by atoms with Crippen molar-refractivity contribution < 1.29 is 28.2 Å². The van der Waals surface area contributed by atoms with Crippen molar-refractivity contribution in [1.29, 1.82) is 0 Å². The molecule has 8 nitrogen and oxygen atoms in total. The van der Waals surface area contributed by atoms with Crippen LogP contribution in [0.4, 0.5) is 4.39 Å². The van der Waals surface area contributed by atoms with Gasteiger partial charge in [-0.1, -0.05) is 17.7 Å². The van der Waals surface area contributed by atoms with Gasteiger partial charge in [-0.15, -0.1) is 0 Å². The first-order valence-electron chi connectivity index (χ1n) is 10.2. The summed E-state index contributed by atoms with van der Waals surface area (Å²) in [7, 11) is 0. The molecule has 10 heteroatoms. The maximum Gasteiger partial charge on any atom is 0.343 e. The monoisotopic (exact) mass is 473 g/mol. The number of amides is 1. The molecule has 33 heavy (non-hydrogen) atoms. The Morgan fingerprint density at radius 2 is 1.88 bits per heavy atom. The predicted octanol–water partition coefficient (Wildman–Crippen LogP) is 3.78. The second kappa shape index (κ2) is 9.50. The molecule has 0 radical (unpaired) electrons. The van der Waals surface area contributed by atoms with Crippen molar-refractivity contribution >= 4 is 23.5 Å². The number of carbonyl (C=O) groups excluding carboxylic acids is 2. The van der Waals surface area contributed by atoms with Gasteiger partial charge in [0.1, 0.15) is 29.7 Å². The third-order valence-electron chi connectivity index (χ3n) is 5.06. The van der Waals surface area contributed by atoms with Crippen molar-refractivity contribution in [1.82, 2.24) is 15.1 Å². The summed E-state index contributed by atoms with van der Waals surface area (Å²) in [6, 6.07) is 10.6.